The lowest BCUT2D eigenvalue weighted by Gasteiger charge is -1.91. The molecule has 62 valence electrons. The third kappa shape index (κ3) is 0.956. The van der Waals surface area contributed by atoms with E-state index in [4.69, 9.17) is 5.11 Å². The minimum atomic E-state index is -0.511. The highest BCUT2D eigenvalue weighted by atomic mass is 32.1. The fraction of sp³-hybridized carbons (Fsp3) is 0. The van der Waals surface area contributed by atoms with E-state index in [-0.39, 0.29) is 15.1 Å². The standard InChI is InChI=1S/C8H4F2OS/c9-5-1-2-6(10)8-4(5)3-7(11)12-8/h1-3,11H. The Bertz CT molecular complexity index is 397. The van der Waals surface area contributed by atoms with Crippen molar-refractivity contribution in [3.63, 3.8) is 0 Å². The average Bonchev–Trinajstić information content (AvgIpc) is 2.41. The Morgan fingerprint density at radius 1 is 1.17 bits per heavy atom. The van der Waals surface area contributed by atoms with Gasteiger partial charge in [-0.05, 0) is 12.1 Å². The number of rotatable bonds is 0. The minimum absolute atomic E-state index is 0.0750. The quantitative estimate of drug-likeness (QED) is 0.670. The van der Waals surface area contributed by atoms with Gasteiger partial charge in [0.1, 0.15) is 11.6 Å². The number of aromatic hydroxyl groups is 1. The van der Waals surface area contributed by atoms with E-state index < -0.39 is 11.6 Å². The van der Waals surface area contributed by atoms with Crippen LogP contribution in [0.2, 0.25) is 0 Å². The molecule has 12 heavy (non-hydrogen) atoms. The Morgan fingerprint density at radius 2 is 1.83 bits per heavy atom. The molecular formula is C8H4F2OS. The lowest BCUT2D eigenvalue weighted by atomic mass is 10.2. The van der Waals surface area contributed by atoms with Gasteiger partial charge in [0.15, 0.2) is 5.06 Å². The third-order valence-electron chi connectivity index (χ3n) is 1.57. The molecule has 1 nitrogen and oxygen atoms in total. The van der Waals surface area contributed by atoms with E-state index in [2.05, 4.69) is 0 Å². The largest absolute Gasteiger partial charge is 0.499 e. The number of fused-ring (bicyclic) bond motifs is 1. The fourth-order valence-electron chi connectivity index (χ4n) is 1.04. The number of thiophene rings is 1. The molecular weight excluding hydrogens is 182 g/mol. The summed E-state index contributed by atoms with van der Waals surface area (Å²) in [6.07, 6.45) is 0. The number of benzene rings is 1. The minimum Gasteiger partial charge on any atom is -0.499 e. The summed E-state index contributed by atoms with van der Waals surface area (Å²) < 4.78 is 26.0. The van der Waals surface area contributed by atoms with Crippen molar-refractivity contribution in [2.24, 2.45) is 0 Å². The van der Waals surface area contributed by atoms with Crippen molar-refractivity contribution in [2.45, 2.75) is 0 Å². The summed E-state index contributed by atoms with van der Waals surface area (Å²) in [6, 6.07) is 3.32. The Labute approximate surface area is 70.9 Å². The van der Waals surface area contributed by atoms with Crippen LogP contribution >= 0.6 is 11.3 Å². The second-order valence-corrected chi connectivity index (χ2v) is 3.39. The van der Waals surface area contributed by atoms with Gasteiger partial charge in [0.05, 0.1) is 4.70 Å². The van der Waals surface area contributed by atoms with Crippen LogP contribution in [0.4, 0.5) is 8.78 Å². The van der Waals surface area contributed by atoms with Crippen LogP contribution in [0, 0.1) is 11.6 Å². The first-order valence-corrected chi connectivity index (χ1v) is 4.06. The fourth-order valence-corrected chi connectivity index (χ4v) is 1.86. The van der Waals surface area contributed by atoms with Gasteiger partial charge in [0.25, 0.3) is 0 Å². The summed E-state index contributed by atoms with van der Waals surface area (Å²) in [5.41, 5.74) is 0. The van der Waals surface area contributed by atoms with Gasteiger partial charge in [0.2, 0.25) is 0 Å². The lowest BCUT2D eigenvalue weighted by Crippen LogP contribution is -1.77. The number of hydrogen-bond donors (Lipinski definition) is 1. The van der Waals surface area contributed by atoms with Crippen LogP contribution in [0.25, 0.3) is 10.1 Å². The van der Waals surface area contributed by atoms with Gasteiger partial charge in [-0.25, -0.2) is 8.78 Å². The molecule has 1 N–H and O–H groups in total. The summed E-state index contributed by atoms with van der Waals surface area (Å²) in [7, 11) is 0. The van der Waals surface area contributed by atoms with E-state index in [1.54, 1.807) is 0 Å². The summed E-state index contributed by atoms with van der Waals surface area (Å²) in [5, 5.41) is 9.05. The third-order valence-corrected chi connectivity index (χ3v) is 2.52. The van der Waals surface area contributed by atoms with E-state index >= 15 is 0 Å². The van der Waals surface area contributed by atoms with Crippen molar-refractivity contribution < 1.29 is 13.9 Å². The van der Waals surface area contributed by atoms with Gasteiger partial charge in [0, 0.05) is 11.5 Å². The molecule has 0 aliphatic heterocycles. The van der Waals surface area contributed by atoms with Gasteiger partial charge in [-0.3, -0.25) is 0 Å². The van der Waals surface area contributed by atoms with Gasteiger partial charge >= 0.3 is 0 Å². The predicted octanol–water partition coefficient (Wildman–Crippen LogP) is 2.89. The van der Waals surface area contributed by atoms with Crippen molar-refractivity contribution in [3.05, 3.63) is 29.8 Å². The van der Waals surface area contributed by atoms with Gasteiger partial charge in [-0.1, -0.05) is 11.3 Å². The van der Waals surface area contributed by atoms with Crippen molar-refractivity contribution in [3.8, 4) is 5.06 Å². The maximum absolute atomic E-state index is 12.9. The highest BCUT2D eigenvalue weighted by molar-refractivity contribution is 7.20. The van der Waals surface area contributed by atoms with Crippen molar-refractivity contribution in [1.29, 1.82) is 0 Å². The van der Waals surface area contributed by atoms with Crippen molar-refractivity contribution in [1.82, 2.24) is 0 Å². The summed E-state index contributed by atoms with van der Waals surface area (Å²) in [5.74, 6) is -1.01. The Morgan fingerprint density at radius 3 is 2.50 bits per heavy atom. The van der Waals surface area contributed by atoms with Crippen molar-refractivity contribution >= 4 is 21.4 Å². The van der Waals surface area contributed by atoms with Crippen LogP contribution in [-0.2, 0) is 0 Å². The first-order valence-electron chi connectivity index (χ1n) is 3.25. The molecule has 2 aromatic rings. The van der Waals surface area contributed by atoms with E-state index in [0.717, 1.165) is 23.5 Å². The zero-order chi connectivity index (χ0) is 8.72. The summed E-state index contributed by atoms with van der Waals surface area (Å²) >= 11 is 0.833. The molecule has 0 saturated heterocycles. The second-order valence-electron chi connectivity index (χ2n) is 2.36. The molecule has 1 aromatic carbocycles. The first kappa shape index (κ1) is 7.49. The van der Waals surface area contributed by atoms with E-state index in [1.165, 1.54) is 6.07 Å². The first-order chi connectivity index (χ1) is 5.68. The Hall–Kier alpha value is -1.16. The molecule has 0 unspecified atom stereocenters. The van der Waals surface area contributed by atoms with E-state index in [1.807, 2.05) is 0 Å². The number of hydrogen-bond acceptors (Lipinski definition) is 2. The van der Waals surface area contributed by atoms with Crippen LogP contribution < -0.4 is 0 Å². The van der Waals surface area contributed by atoms with Crippen LogP contribution in [0.3, 0.4) is 0 Å². The van der Waals surface area contributed by atoms with Crippen LogP contribution in [-0.4, -0.2) is 5.11 Å². The summed E-state index contributed by atoms with van der Waals surface area (Å²) in [6.45, 7) is 0. The molecule has 0 radical (unpaired) electrons. The lowest BCUT2D eigenvalue weighted by molar-refractivity contribution is 0.491. The number of halogens is 2. The van der Waals surface area contributed by atoms with Crippen molar-refractivity contribution in [2.75, 3.05) is 0 Å². The molecule has 0 aliphatic carbocycles. The van der Waals surface area contributed by atoms with E-state index in [0.29, 0.717) is 0 Å². The monoisotopic (exact) mass is 186 g/mol. The molecule has 0 amide bonds. The SMILES string of the molecule is Oc1cc2c(F)ccc(F)c2s1. The average molecular weight is 186 g/mol. The van der Waals surface area contributed by atoms with E-state index in [9.17, 15) is 8.78 Å². The molecule has 0 bridgehead atoms. The predicted molar refractivity (Wildman–Crippen MR) is 43.4 cm³/mol. The Kier molecular flexibility index (Phi) is 1.51. The topological polar surface area (TPSA) is 20.2 Å². The summed E-state index contributed by atoms with van der Waals surface area (Å²) in [4.78, 5) is 0. The molecule has 0 aliphatic rings. The van der Waals surface area contributed by atoms with Gasteiger partial charge in [-0.15, -0.1) is 0 Å². The molecule has 0 atom stereocenters. The highest BCUT2D eigenvalue weighted by Gasteiger charge is 2.09. The zero-order valence-corrected chi connectivity index (χ0v) is 6.66. The maximum atomic E-state index is 12.9. The second kappa shape index (κ2) is 2.42. The van der Waals surface area contributed by atoms with Gasteiger partial charge in [-0.2, -0.15) is 0 Å². The highest BCUT2D eigenvalue weighted by Crippen LogP contribution is 2.33. The Balaban J connectivity index is 2.93. The smallest absolute Gasteiger partial charge is 0.172 e. The zero-order valence-electron chi connectivity index (χ0n) is 5.84. The molecule has 0 spiro atoms. The maximum Gasteiger partial charge on any atom is 0.172 e. The molecule has 1 aromatic heterocycles. The normalized spacial score (nSPS) is 10.8. The van der Waals surface area contributed by atoms with Gasteiger partial charge < -0.3 is 5.11 Å². The molecule has 0 fully saturated rings. The molecule has 0 saturated carbocycles. The van der Waals surface area contributed by atoms with Crippen LogP contribution in [0.1, 0.15) is 0 Å². The molecule has 2 rings (SSSR count). The van der Waals surface area contributed by atoms with Crippen LogP contribution in [0.15, 0.2) is 18.2 Å². The van der Waals surface area contributed by atoms with Crippen LogP contribution in [0.5, 0.6) is 5.06 Å². The molecule has 4 heteroatoms. The molecule has 1 heterocycles.